The van der Waals surface area contributed by atoms with Gasteiger partial charge < -0.3 is 0 Å². The minimum absolute atomic E-state index is 0.600. The van der Waals surface area contributed by atoms with Crippen LogP contribution in [0.5, 0.6) is 0 Å². The lowest BCUT2D eigenvalue weighted by molar-refractivity contribution is 0.591. The molecule has 0 amide bonds. The molecule has 0 heterocycles. The summed E-state index contributed by atoms with van der Waals surface area (Å²) in [4.78, 5) is 0. The van der Waals surface area contributed by atoms with E-state index in [1.807, 2.05) is 0 Å². The summed E-state index contributed by atoms with van der Waals surface area (Å²) in [7, 11) is 0. The summed E-state index contributed by atoms with van der Waals surface area (Å²) in [6.07, 6.45) is 18.3. The fourth-order valence-electron chi connectivity index (χ4n) is 1.84. The summed E-state index contributed by atoms with van der Waals surface area (Å²) in [6, 6.07) is 0. The number of hydrogen-bond acceptors (Lipinski definition) is 0. The maximum absolute atomic E-state index is 3.99. The molecule has 16 heavy (non-hydrogen) atoms. The summed E-state index contributed by atoms with van der Waals surface area (Å²) < 4.78 is 0. The number of hydrogen-bond donors (Lipinski definition) is 0. The maximum atomic E-state index is 3.99. The molecule has 0 heteroatoms. The molecular weight excluding hydrogens is 192 g/mol. The van der Waals surface area contributed by atoms with Crippen molar-refractivity contribution in [1.29, 1.82) is 0 Å². The van der Waals surface area contributed by atoms with Crippen molar-refractivity contribution in [1.82, 2.24) is 0 Å². The third kappa shape index (κ3) is 13.7. The third-order valence-electron chi connectivity index (χ3n) is 2.97. The van der Waals surface area contributed by atoms with Crippen LogP contribution in [-0.4, -0.2) is 0 Å². The Labute approximate surface area is 104 Å². The molecule has 0 N–H and O–H groups in total. The van der Waals surface area contributed by atoms with E-state index in [0.29, 0.717) is 5.92 Å². The Morgan fingerprint density at radius 2 is 1.44 bits per heavy atom. The molecule has 0 saturated heterocycles. The van der Waals surface area contributed by atoms with Crippen molar-refractivity contribution in [3.63, 3.8) is 0 Å². The summed E-state index contributed by atoms with van der Waals surface area (Å²) >= 11 is 0. The normalized spacial score (nSPS) is 11.8. The maximum Gasteiger partial charge on any atom is -0.0348 e. The van der Waals surface area contributed by atoms with E-state index >= 15 is 0 Å². The smallest absolute Gasteiger partial charge is 0.0348 e. The Morgan fingerprint density at radius 3 is 2.06 bits per heavy atom. The lowest BCUT2D eigenvalue weighted by atomic mass is 10.1. The van der Waals surface area contributed by atoms with Gasteiger partial charge in [0.25, 0.3) is 0 Å². The molecule has 0 aromatic carbocycles. The van der Waals surface area contributed by atoms with Crippen LogP contribution < -0.4 is 0 Å². The second-order valence-corrected chi connectivity index (χ2v) is 5.06. The minimum Gasteiger partial charge on any atom is -0.0885 e. The van der Waals surface area contributed by atoms with Crippen molar-refractivity contribution in [2.45, 2.75) is 78.1 Å². The van der Waals surface area contributed by atoms with Gasteiger partial charge in [-0.2, -0.15) is 0 Å². The zero-order valence-corrected chi connectivity index (χ0v) is 11.5. The van der Waals surface area contributed by atoms with Crippen molar-refractivity contribution >= 4 is 0 Å². The molecule has 95 valence electrons. The average molecular weight is 223 g/mol. The van der Waals surface area contributed by atoms with Crippen molar-refractivity contribution < 1.29 is 0 Å². The van der Waals surface area contributed by atoms with Crippen LogP contribution in [0.2, 0.25) is 0 Å². The van der Waals surface area contributed by atoms with Gasteiger partial charge in [0, 0.05) is 0 Å². The lowest BCUT2D eigenvalue weighted by Crippen LogP contribution is -1.84. The van der Waals surface area contributed by atoms with E-state index in [-0.39, 0.29) is 0 Å². The van der Waals surface area contributed by atoms with E-state index in [1.54, 1.807) is 0 Å². The first-order chi connectivity index (χ1) is 7.77. The fourth-order valence-corrected chi connectivity index (χ4v) is 1.84. The Bertz CT molecular complexity index is 144. The second-order valence-electron chi connectivity index (χ2n) is 5.06. The Morgan fingerprint density at radius 1 is 0.875 bits per heavy atom. The molecule has 0 nitrogen and oxygen atoms in total. The number of unbranched alkanes of at least 4 members (excludes halogenated alkanes) is 7. The van der Waals surface area contributed by atoms with E-state index in [1.165, 1.54) is 64.2 Å². The highest BCUT2D eigenvalue weighted by Crippen LogP contribution is 2.09. The highest BCUT2D eigenvalue weighted by atomic mass is 14.0. The van der Waals surface area contributed by atoms with Crippen molar-refractivity contribution in [3.8, 4) is 0 Å². The SMILES string of the molecule is [CH2]C(C)CCC=CCCCCCCCCC. The van der Waals surface area contributed by atoms with E-state index < -0.39 is 0 Å². The van der Waals surface area contributed by atoms with Gasteiger partial charge in [0.15, 0.2) is 0 Å². The fraction of sp³-hybridized carbons (Fsp3) is 0.812. The van der Waals surface area contributed by atoms with Gasteiger partial charge in [0.2, 0.25) is 0 Å². The molecule has 1 atom stereocenters. The quantitative estimate of drug-likeness (QED) is 0.300. The summed E-state index contributed by atoms with van der Waals surface area (Å²) in [5, 5.41) is 0. The summed E-state index contributed by atoms with van der Waals surface area (Å²) in [5.74, 6) is 0.600. The summed E-state index contributed by atoms with van der Waals surface area (Å²) in [6.45, 7) is 8.45. The van der Waals surface area contributed by atoms with Crippen LogP contribution in [0.3, 0.4) is 0 Å². The molecule has 0 saturated carbocycles. The molecule has 0 aromatic heterocycles. The minimum atomic E-state index is 0.600. The van der Waals surface area contributed by atoms with E-state index in [4.69, 9.17) is 0 Å². The standard InChI is InChI=1S/C16H31/c1-4-5-6-7-8-9-10-11-12-13-14-15-16(2)3/h12-13,16H,2,4-11,14-15H2,1,3H3. The van der Waals surface area contributed by atoms with E-state index in [2.05, 4.69) is 32.9 Å². The molecule has 0 fully saturated rings. The Kier molecular flexibility index (Phi) is 12.6. The predicted molar refractivity (Wildman–Crippen MR) is 75.5 cm³/mol. The molecule has 0 aliphatic heterocycles. The van der Waals surface area contributed by atoms with Crippen molar-refractivity contribution in [2.24, 2.45) is 5.92 Å². The molecule has 1 radical (unpaired) electrons. The number of rotatable bonds is 11. The zero-order valence-electron chi connectivity index (χ0n) is 11.5. The van der Waals surface area contributed by atoms with Crippen LogP contribution in [-0.2, 0) is 0 Å². The van der Waals surface area contributed by atoms with Gasteiger partial charge in [-0.05, 0) is 31.6 Å². The second kappa shape index (κ2) is 12.8. The number of allylic oxidation sites excluding steroid dienone is 2. The van der Waals surface area contributed by atoms with E-state index in [0.717, 1.165) is 0 Å². The van der Waals surface area contributed by atoms with Crippen LogP contribution in [0.25, 0.3) is 0 Å². The highest BCUT2D eigenvalue weighted by molar-refractivity contribution is 4.82. The lowest BCUT2D eigenvalue weighted by Gasteiger charge is -2.00. The van der Waals surface area contributed by atoms with Crippen molar-refractivity contribution in [2.75, 3.05) is 0 Å². The third-order valence-corrected chi connectivity index (χ3v) is 2.97. The molecule has 0 rings (SSSR count). The molecule has 0 aliphatic rings. The first-order valence-electron chi connectivity index (χ1n) is 7.25. The van der Waals surface area contributed by atoms with Crippen molar-refractivity contribution in [3.05, 3.63) is 19.1 Å². The van der Waals surface area contributed by atoms with Gasteiger partial charge >= 0.3 is 0 Å². The van der Waals surface area contributed by atoms with Crippen LogP contribution >= 0.6 is 0 Å². The largest absolute Gasteiger partial charge is 0.0885 e. The molecule has 0 spiro atoms. The zero-order chi connectivity index (χ0) is 12.1. The van der Waals surface area contributed by atoms with Gasteiger partial charge in [-0.15, -0.1) is 0 Å². The average Bonchev–Trinajstić information content (AvgIpc) is 2.25. The van der Waals surface area contributed by atoms with Gasteiger partial charge in [0.05, 0.1) is 0 Å². The molecule has 0 bridgehead atoms. The van der Waals surface area contributed by atoms with Crippen LogP contribution in [0.4, 0.5) is 0 Å². The molecule has 1 unspecified atom stereocenters. The Hall–Kier alpha value is -0.260. The van der Waals surface area contributed by atoms with Gasteiger partial charge in [-0.1, -0.05) is 71.4 Å². The topological polar surface area (TPSA) is 0 Å². The first kappa shape index (κ1) is 15.7. The van der Waals surface area contributed by atoms with Gasteiger partial charge in [-0.3, -0.25) is 0 Å². The highest BCUT2D eigenvalue weighted by Gasteiger charge is 1.91. The molecular formula is C16H31. The Balaban J connectivity index is 3.03. The molecule has 0 aromatic rings. The van der Waals surface area contributed by atoms with Gasteiger partial charge in [-0.25, -0.2) is 0 Å². The first-order valence-corrected chi connectivity index (χ1v) is 7.25. The van der Waals surface area contributed by atoms with E-state index in [9.17, 15) is 0 Å². The molecule has 0 aliphatic carbocycles. The summed E-state index contributed by atoms with van der Waals surface area (Å²) in [5.41, 5.74) is 0. The van der Waals surface area contributed by atoms with Gasteiger partial charge in [0.1, 0.15) is 0 Å². The predicted octanol–water partition coefficient (Wildman–Crippen LogP) is 5.93. The van der Waals surface area contributed by atoms with Crippen LogP contribution in [0.15, 0.2) is 12.2 Å². The van der Waals surface area contributed by atoms with Crippen LogP contribution in [0.1, 0.15) is 78.1 Å². The van der Waals surface area contributed by atoms with Crippen LogP contribution in [0, 0.1) is 12.8 Å². The monoisotopic (exact) mass is 223 g/mol.